The van der Waals surface area contributed by atoms with Gasteiger partial charge in [0.25, 0.3) is 0 Å². The van der Waals surface area contributed by atoms with Crippen molar-refractivity contribution in [3.05, 3.63) is 47.9 Å². The summed E-state index contributed by atoms with van der Waals surface area (Å²) in [7, 11) is 0. The summed E-state index contributed by atoms with van der Waals surface area (Å²) in [5.74, 6) is 5.59. The fraction of sp³-hybridized carbons (Fsp3) is 0.0833. The van der Waals surface area contributed by atoms with Crippen LogP contribution >= 0.6 is 0 Å². The van der Waals surface area contributed by atoms with E-state index in [1.807, 2.05) is 13.0 Å². The van der Waals surface area contributed by atoms with E-state index in [2.05, 4.69) is 15.7 Å². The van der Waals surface area contributed by atoms with Gasteiger partial charge in [-0.2, -0.15) is 0 Å². The van der Waals surface area contributed by atoms with Crippen molar-refractivity contribution >= 4 is 17.2 Å². The van der Waals surface area contributed by atoms with E-state index < -0.39 is 0 Å². The molecule has 0 bridgehead atoms. The first-order valence-corrected chi connectivity index (χ1v) is 5.15. The van der Waals surface area contributed by atoms with E-state index in [9.17, 15) is 4.39 Å². The van der Waals surface area contributed by atoms with Crippen LogP contribution in [0.5, 0.6) is 0 Å². The molecular formula is C12H13FN4. The van der Waals surface area contributed by atoms with Crippen LogP contribution < -0.4 is 16.6 Å². The van der Waals surface area contributed by atoms with Crippen molar-refractivity contribution in [3.8, 4) is 0 Å². The lowest BCUT2D eigenvalue weighted by atomic mass is 10.2. The van der Waals surface area contributed by atoms with Crippen LogP contribution in [0.1, 0.15) is 5.56 Å². The van der Waals surface area contributed by atoms with Gasteiger partial charge in [0, 0.05) is 23.6 Å². The Morgan fingerprint density at radius 2 is 2.06 bits per heavy atom. The van der Waals surface area contributed by atoms with Crippen molar-refractivity contribution in [2.45, 2.75) is 6.92 Å². The number of hydrogen-bond acceptors (Lipinski definition) is 4. The predicted molar refractivity (Wildman–Crippen MR) is 66.5 cm³/mol. The number of nitrogen functional groups attached to an aromatic ring is 1. The number of hydrogen-bond donors (Lipinski definition) is 3. The van der Waals surface area contributed by atoms with E-state index >= 15 is 0 Å². The Morgan fingerprint density at radius 3 is 2.76 bits per heavy atom. The minimum absolute atomic E-state index is 0.243. The Hall–Kier alpha value is -2.14. The molecule has 0 unspecified atom stereocenters. The number of halogens is 1. The lowest BCUT2D eigenvalue weighted by molar-refractivity contribution is 0.627. The van der Waals surface area contributed by atoms with Crippen LogP contribution in [0.2, 0.25) is 0 Å². The first kappa shape index (κ1) is 11.3. The van der Waals surface area contributed by atoms with E-state index in [-0.39, 0.29) is 5.82 Å². The molecule has 0 atom stereocenters. The Kier molecular flexibility index (Phi) is 3.20. The van der Waals surface area contributed by atoms with Gasteiger partial charge in [-0.25, -0.2) is 15.2 Å². The molecule has 2 aromatic rings. The molecule has 0 fully saturated rings. The molecule has 4 N–H and O–H groups in total. The Balaban J connectivity index is 2.25. The second-order valence-corrected chi connectivity index (χ2v) is 3.66. The number of pyridine rings is 1. The Bertz CT molecular complexity index is 528. The van der Waals surface area contributed by atoms with Gasteiger partial charge in [0.05, 0.1) is 0 Å². The highest BCUT2D eigenvalue weighted by atomic mass is 19.1. The molecule has 0 aliphatic carbocycles. The smallest absolute Gasteiger partial charge is 0.141 e. The number of benzene rings is 1. The molecule has 1 aromatic carbocycles. The van der Waals surface area contributed by atoms with Crippen LogP contribution in [0, 0.1) is 12.7 Å². The number of nitrogens with two attached hydrogens (primary N) is 1. The minimum atomic E-state index is -0.243. The number of nitrogens with one attached hydrogen (secondary N) is 2. The predicted octanol–water partition coefficient (Wildman–Crippen LogP) is 2.56. The fourth-order valence-electron chi connectivity index (χ4n) is 1.51. The maximum atomic E-state index is 12.9. The van der Waals surface area contributed by atoms with Gasteiger partial charge in [-0.05, 0) is 36.8 Å². The van der Waals surface area contributed by atoms with Crippen molar-refractivity contribution in [2.75, 3.05) is 10.7 Å². The normalized spacial score (nSPS) is 10.1. The van der Waals surface area contributed by atoms with Gasteiger partial charge >= 0.3 is 0 Å². The molecule has 0 saturated heterocycles. The molecule has 0 aliphatic rings. The SMILES string of the molecule is Cc1cc(F)ccc1Nc1ccnc(NN)c1. The summed E-state index contributed by atoms with van der Waals surface area (Å²) in [4.78, 5) is 4.00. The molecule has 0 saturated carbocycles. The van der Waals surface area contributed by atoms with E-state index in [0.717, 1.165) is 16.9 Å². The number of aryl methyl sites for hydroxylation is 1. The summed E-state index contributed by atoms with van der Waals surface area (Å²) in [5, 5.41) is 3.17. The summed E-state index contributed by atoms with van der Waals surface area (Å²) >= 11 is 0. The largest absolute Gasteiger partial charge is 0.355 e. The van der Waals surface area contributed by atoms with Gasteiger partial charge in [0.1, 0.15) is 11.6 Å². The van der Waals surface area contributed by atoms with Gasteiger partial charge in [0.2, 0.25) is 0 Å². The topological polar surface area (TPSA) is 63.0 Å². The Labute approximate surface area is 98.6 Å². The number of rotatable bonds is 3. The lowest BCUT2D eigenvalue weighted by Crippen LogP contribution is -2.08. The highest BCUT2D eigenvalue weighted by Crippen LogP contribution is 2.22. The van der Waals surface area contributed by atoms with Crippen LogP contribution in [0.3, 0.4) is 0 Å². The van der Waals surface area contributed by atoms with Crippen molar-refractivity contribution < 1.29 is 4.39 Å². The van der Waals surface area contributed by atoms with Crippen LogP contribution in [0.25, 0.3) is 0 Å². The van der Waals surface area contributed by atoms with Crippen molar-refractivity contribution in [1.29, 1.82) is 0 Å². The maximum absolute atomic E-state index is 12.9. The molecule has 1 aromatic heterocycles. The van der Waals surface area contributed by atoms with Crippen molar-refractivity contribution in [1.82, 2.24) is 4.98 Å². The summed E-state index contributed by atoms with van der Waals surface area (Å²) < 4.78 is 12.9. The molecule has 2 rings (SSSR count). The summed E-state index contributed by atoms with van der Waals surface area (Å²) in [6.07, 6.45) is 1.64. The number of anilines is 3. The zero-order chi connectivity index (χ0) is 12.3. The third-order valence-electron chi connectivity index (χ3n) is 2.38. The third-order valence-corrected chi connectivity index (χ3v) is 2.38. The first-order chi connectivity index (χ1) is 8.19. The number of hydrazine groups is 1. The highest BCUT2D eigenvalue weighted by Gasteiger charge is 2.01. The lowest BCUT2D eigenvalue weighted by Gasteiger charge is -2.10. The molecule has 88 valence electrons. The molecule has 17 heavy (non-hydrogen) atoms. The number of nitrogens with zero attached hydrogens (tertiary/aromatic N) is 1. The van der Waals surface area contributed by atoms with Gasteiger partial charge in [-0.3, -0.25) is 0 Å². The van der Waals surface area contributed by atoms with E-state index in [0.29, 0.717) is 5.82 Å². The molecular weight excluding hydrogens is 219 g/mol. The van der Waals surface area contributed by atoms with Crippen molar-refractivity contribution in [3.63, 3.8) is 0 Å². The minimum Gasteiger partial charge on any atom is -0.355 e. The van der Waals surface area contributed by atoms with Gasteiger partial charge < -0.3 is 10.7 Å². The standard InChI is InChI=1S/C12H13FN4/c1-8-6-9(13)2-3-11(8)16-10-4-5-15-12(7-10)17-14/h2-7H,14H2,1H3,(H2,15,16,17). The first-order valence-electron chi connectivity index (χ1n) is 5.15. The second-order valence-electron chi connectivity index (χ2n) is 3.66. The highest BCUT2D eigenvalue weighted by molar-refractivity contribution is 5.64. The zero-order valence-electron chi connectivity index (χ0n) is 9.37. The molecule has 0 aliphatic heterocycles. The van der Waals surface area contributed by atoms with Gasteiger partial charge in [-0.1, -0.05) is 0 Å². The van der Waals surface area contributed by atoms with Gasteiger partial charge in [0.15, 0.2) is 0 Å². The van der Waals surface area contributed by atoms with Crippen LogP contribution in [-0.2, 0) is 0 Å². The molecule has 0 spiro atoms. The van der Waals surface area contributed by atoms with Crippen molar-refractivity contribution in [2.24, 2.45) is 5.84 Å². The van der Waals surface area contributed by atoms with Crippen LogP contribution in [-0.4, -0.2) is 4.98 Å². The third kappa shape index (κ3) is 2.70. The van der Waals surface area contributed by atoms with Crippen LogP contribution in [0.15, 0.2) is 36.5 Å². The second kappa shape index (κ2) is 4.80. The molecule has 0 radical (unpaired) electrons. The maximum Gasteiger partial charge on any atom is 0.141 e. The van der Waals surface area contributed by atoms with Crippen LogP contribution in [0.4, 0.5) is 21.6 Å². The molecule has 1 heterocycles. The summed E-state index contributed by atoms with van der Waals surface area (Å²) in [5.41, 5.74) is 4.99. The molecule has 5 heteroatoms. The summed E-state index contributed by atoms with van der Waals surface area (Å²) in [6.45, 7) is 1.84. The van der Waals surface area contributed by atoms with E-state index in [4.69, 9.17) is 5.84 Å². The average Bonchev–Trinajstić information content (AvgIpc) is 2.33. The number of aromatic nitrogens is 1. The molecule has 4 nitrogen and oxygen atoms in total. The zero-order valence-corrected chi connectivity index (χ0v) is 9.37. The molecule has 0 amide bonds. The van der Waals surface area contributed by atoms with E-state index in [1.54, 1.807) is 18.3 Å². The van der Waals surface area contributed by atoms with Gasteiger partial charge in [-0.15, -0.1) is 0 Å². The average molecular weight is 232 g/mol. The fourth-order valence-corrected chi connectivity index (χ4v) is 1.51. The van der Waals surface area contributed by atoms with E-state index in [1.165, 1.54) is 12.1 Å². The monoisotopic (exact) mass is 232 g/mol. The summed E-state index contributed by atoms with van der Waals surface area (Å²) in [6, 6.07) is 8.16. The quantitative estimate of drug-likeness (QED) is 0.562. The Morgan fingerprint density at radius 1 is 1.24 bits per heavy atom.